The Morgan fingerprint density at radius 2 is 1.56 bits per heavy atom. The summed E-state index contributed by atoms with van der Waals surface area (Å²) >= 11 is 1.40. The molecule has 0 aliphatic carbocycles. The van der Waals surface area contributed by atoms with Crippen LogP contribution >= 0.6 is 11.8 Å². The molecule has 0 saturated heterocycles. The van der Waals surface area contributed by atoms with E-state index in [0.29, 0.717) is 5.75 Å². The van der Waals surface area contributed by atoms with Crippen molar-refractivity contribution in [3.05, 3.63) is 64.8 Å². The van der Waals surface area contributed by atoms with Gasteiger partial charge in [-0.1, -0.05) is 52.6 Å². The normalized spacial score (nSPS) is 13.7. The number of sulfonamides is 1. The summed E-state index contributed by atoms with van der Waals surface area (Å²) in [7, 11) is -3.88. The van der Waals surface area contributed by atoms with Crippen LogP contribution in [0.3, 0.4) is 0 Å². The molecule has 1 rings (SSSR count). The van der Waals surface area contributed by atoms with Crippen LogP contribution in [0.2, 0.25) is 0 Å². The highest BCUT2D eigenvalue weighted by Gasteiger charge is 2.25. The van der Waals surface area contributed by atoms with Gasteiger partial charge in [0.15, 0.2) is 0 Å². The topological polar surface area (TPSA) is 83.5 Å². The highest BCUT2D eigenvalue weighted by Crippen LogP contribution is 2.15. The summed E-state index contributed by atoms with van der Waals surface area (Å²) in [5.41, 5.74) is 4.93. The lowest BCUT2D eigenvalue weighted by Crippen LogP contribution is -2.42. The Bertz CT molecular complexity index is 925. The molecule has 1 atom stereocenters. The minimum atomic E-state index is -3.88. The summed E-state index contributed by atoms with van der Waals surface area (Å²) in [4.78, 5) is 11.6. The highest BCUT2D eigenvalue weighted by atomic mass is 32.2. The van der Waals surface area contributed by atoms with Gasteiger partial charge in [0.05, 0.1) is 4.90 Å². The number of thioether (sulfide) groups is 1. The Balaban J connectivity index is 2.47. The largest absolute Gasteiger partial charge is 0.480 e. The lowest BCUT2D eigenvalue weighted by molar-refractivity contribution is -0.138. The van der Waals surface area contributed by atoms with Crippen molar-refractivity contribution in [2.45, 2.75) is 71.2 Å². The molecule has 0 fully saturated rings. The Morgan fingerprint density at radius 1 is 1.00 bits per heavy atom. The number of benzene rings is 1. The Morgan fingerprint density at radius 3 is 2.12 bits per heavy atom. The second-order valence-electron chi connectivity index (χ2n) is 8.32. The molecule has 1 aromatic carbocycles. The molecular formula is C25H37NO4S2. The molecule has 1 aromatic rings. The van der Waals surface area contributed by atoms with E-state index in [9.17, 15) is 18.3 Å². The first-order chi connectivity index (χ1) is 15.0. The van der Waals surface area contributed by atoms with Crippen LogP contribution in [-0.4, -0.2) is 37.0 Å². The van der Waals surface area contributed by atoms with Gasteiger partial charge in [-0.25, -0.2) is 8.42 Å². The first-order valence-corrected chi connectivity index (χ1v) is 13.5. The maximum Gasteiger partial charge on any atom is 0.322 e. The van der Waals surface area contributed by atoms with Crippen molar-refractivity contribution in [3.63, 3.8) is 0 Å². The molecule has 0 aromatic heterocycles. The van der Waals surface area contributed by atoms with Gasteiger partial charge in [-0.3, -0.25) is 4.79 Å². The molecule has 2 N–H and O–H groups in total. The maximum atomic E-state index is 12.5. The number of carboxylic acid groups (broad SMARTS) is 1. The van der Waals surface area contributed by atoms with Crippen molar-refractivity contribution in [2.75, 3.05) is 11.5 Å². The summed E-state index contributed by atoms with van der Waals surface area (Å²) < 4.78 is 27.2. The van der Waals surface area contributed by atoms with E-state index >= 15 is 0 Å². The summed E-state index contributed by atoms with van der Waals surface area (Å²) in [5, 5.41) is 9.43. The van der Waals surface area contributed by atoms with E-state index < -0.39 is 22.0 Å². The smallest absolute Gasteiger partial charge is 0.322 e. The van der Waals surface area contributed by atoms with Crippen LogP contribution in [0.25, 0.3) is 0 Å². The van der Waals surface area contributed by atoms with Crippen LogP contribution in [0.1, 0.15) is 58.9 Å². The van der Waals surface area contributed by atoms with E-state index in [2.05, 4.69) is 50.6 Å². The molecule has 0 unspecified atom stereocenters. The number of rotatable bonds is 14. The van der Waals surface area contributed by atoms with Crippen molar-refractivity contribution in [1.82, 2.24) is 4.72 Å². The molecule has 0 heterocycles. The number of carbonyl (C=O) groups is 1. The number of hydrogen-bond acceptors (Lipinski definition) is 4. The van der Waals surface area contributed by atoms with E-state index in [1.165, 1.54) is 40.6 Å². The molecule has 32 heavy (non-hydrogen) atoms. The van der Waals surface area contributed by atoms with E-state index in [1.54, 1.807) is 12.1 Å². The fourth-order valence-corrected chi connectivity index (χ4v) is 5.15. The van der Waals surface area contributed by atoms with E-state index in [4.69, 9.17) is 0 Å². The maximum absolute atomic E-state index is 12.5. The minimum Gasteiger partial charge on any atom is -0.480 e. The van der Waals surface area contributed by atoms with E-state index in [1.807, 2.05) is 6.92 Å². The third-order valence-electron chi connectivity index (χ3n) is 4.88. The SMILES string of the molecule is CC(C)=CCC/C(C)=C/CC/C(C)=C/CSC[C@H](NS(=O)(=O)c1ccc(C)cc1)C(=O)O. The lowest BCUT2D eigenvalue weighted by Gasteiger charge is -2.14. The average Bonchev–Trinajstić information content (AvgIpc) is 2.70. The fraction of sp³-hybridized carbons (Fsp3) is 0.480. The standard InChI is InChI=1S/C25H37NO4S2/c1-19(2)8-6-9-20(3)10-7-11-21(4)16-17-31-18-24(25(27)28)26-32(29,30)23-14-12-22(5)13-15-23/h8,10,12-16,24,26H,6-7,9,11,17-18H2,1-5H3,(H,27,28)/b20-10+,21-16+/t24-/m0/s1. The van der Waals surface area contributed by atoms with Gasteiger partial charge in [-0.15, -0.1) is 0 Å². The molecule has 0 aliphatic heterocycles. The van der Waals surface area contributed by atoms with Crippen molar-refractivity contribution in [3.8, 4) is 0 Å². The van der Waals surface area contributed by atoms with E-state index in [-0.39, 0.29) is 10.6 Å². The lowest BCUT2D eigenvalue weighted by atomic mass is 10.1. The molecule has 0 amide bonds. The summed E-state index contributed by atoms with van der Waals surface area (Å²) in [6.07, 6.45) is 10.7. The first-order valence-electron chi connectivity index (χ1n) is 10.9. The predicted octanol–water partition coefficient (Wildman–Crippen LogP) is 5.88. The second kappa shape index (κ2) is 14.3. The number of allylic oxidation sites excluding steroid dienone is 5. The van der Waals surface area contributed by atoms with Gasteiger partial charge in [0.1, 0.15) is 6.04 Å². The molecule has 0 saturated carbocycles. The molecule has 7 heteroatoms. The van der Waals surface area contributed by atoms with Crippen LogP contribution in [0.15, 0.2) is 64.1 Å². The minimum absolute atomic E-state index is 0.0688. The van der Waals surface area contributed by atoms with Crippen molar-refractivity contribution in [1.29, 1.82) is 0 Å². The fourth-order valence-electron chi connectivity index (χ4n) is 2.85. The molecule has 0 bridgehead atoms. The van der Waals surface area contributed by atoms with Gasteiger partial charge < -0.3 is 5.11 Å². The van der Waals surface area contributed by atoms with Crippen LogP contribution in [-0.2, 0) is 14.8 Å². The van der Waals surface area contributed by atoms with Crippen LogP contribution in [0.5, 0.6) is 0 Å². The van der Waals surface area contributed by atoms with Crippen molar-refractivity contribution < 1.29 is 18.3 Å². The number of aliphatic carboxylic acids is 1. The van der Waals surface area contributed by atoms with Crippen LogP contribution in [0, 0.1) is 6.92 Å². The number of hydrogen-bond donors (Lipinski definition) is 2. The Labute approximate surface area is 198 Å². The van der Waals surface area contributed by atoms with Crippen molar-refractivity contribution >= 4 is 27.8 Å². The highest BCUT2D eigenvalue weighted by molar-refractivity contribution is 7.99. The van der Waals surface area contributed by atoms with Crippen molar-refractivity contribution in [2.24, 2.45) is 0 Å². The van der Waals surface area contributed by atoms with Crippen LogP contribution in [0.4, 0.5) is 0 Å². The molecule has 178 valence electrons. The Kier molecular flexibility index (Phi) is 12.6. The third-order valence-corrected chi connectivity index (χ3v) is 7.34. The van der Waals surface area contributed by atoms with Gasteiger partial charge in [-0.05, 0) is 72.4 Å². The van der Waals surface area contributed by atoms with Gasteiger partial charge >= 0.3 is 5.97 Å². The zero-order valence-electron chi connectivity index (χ0n) is 19.8. The van der Waals surface area contributed by atoms with Gasteiger partial charge in [0, 0.05) is 11.5 Å². The second-order valence-corrected chi connectivity index (χ2v) is 11.1. The van der Waals surface area contributed by atoms with Gasteiger partial charge in [-0.2, -0.15) is 16.5 Å². The zero-order valence-corrected chi connectivity index (χ0v) is 21.5. The third kappa shape index (κ3) is 11.7. The van der Waals surface area contributed by atoms with Gasteiger partial charge in [0.25, 0.3) is 0 Å². The van der Waals surface area contributed by atoms with E-state index in [0.717, 1.165) is 31.2 Å². The predicted molar refractivity (Wildman–Crippen MR) is 136 cm³/mol. The molecule has 5 nitrogen and oxygen atoms in total. The van der Waals surface area contributed by atoms with Gasteiger partial charge in [0.2, 0.25) is 10.0 Å². The molecule has 0 radical (unpaired) electrons. The summed E-state index contributed by atoms with van der Waals surface area (Å²) in [6, 6.07) is 5.16. The first kappa shape index (κ1) is 28.2. The van der Waals surface area contributed by atoms with Crippen LogP contribution < -0.4 is 4.72 Å². The average molecular weight is 480 g/mol. The summed E-state index contributed by atoms with van der Waals surface area (Å²) in [6.45, 7) is 10.3. The number of carboxylic acids is 1. The number of aryl methyl sites for hydroxylation is 1. The Hall–Kier alpha value is -1.83. The molecular weight excluding hydrogens is 442 g/mol. The molecule has 0 aliphatic rings. The molecule has 0 spiro atoms. The quantitative estimate of drug-likeness (QED) is 0.257. The monoisotopic (exact) mass is 479 g/mol. The number of nitrogens with one attached hydrogen (secondary N) is 1. The summed E-state index contributed by atoms with van der Waals surface area (Å²) in [5.74, 6) is -0.374. The zero-order chi connectivity index (χ0) is 24.1.